The van der Waals surface area contributed by atoms with Crippen LogP contribution in [0.5, 0.6) is 0 Å². The fourth-order valence-corrected chi connectivity index (χ4v) is 2.71. The summed E-state index contributed by atoms with van der Waals surface area (Å²) >= 11 is 9.45. The molecule has 0 aliphatic heterocycles. The van der Waals surface area contributed by atoms with Gasteiger partial charge >= 0.3 is 0 Å². The fraction of sp³-hybridized carbons (Fsp3) is 0.143. The zero-order valence-corrected chi connectivity index (χ0v) is 12.7. The second-order valence-corrected chi connectivity index (χ2v) is 5.68. The lowest BCUT2D eigenvalue weighted by molar-refractivity contribution is 0.530. The molecule has 0 radical (unpaired) electrons. The smallest absolute Gasteiger partial charge is 0.126 e. The van der Waals surface area contributed by atoms with Gasteiger partial charge in [0.1, 0.15) is 11.6 Å². The zero-order valence-electron chi connectivity index (χ0n) is 10.3. The Labute approximate surface area is 129 Å². The minimum atomic E-state index is -0.637. The maximum absolute atomic E-state index is 13.3. The van der Waals surface area contributed by atoms with Crippen molar-refractivity contribution in [2.75, 3.05) is 0 Å². The highest BCUT2D eigenvalue weighted by Crippen LogP contribution is 2.26. The van der Waals surface area contributed by atoms with Crippen LogP contribution in [0.3, 0.4) is 0 Å². The van der Waals surface area contributed by atoms with E-state index in [2.05, 4.69) is 21.4 Å². The molecule has 0 amide bonds. The van der Waals surface area contributed by atoms with Crippen molar-refractivity contribution in [3.8, 4) is 0 Å². The number of hydrogen-bond donors (Lipinski definition) is 2. The Hall–Kier alpha value is -1.01. The molecule has 2 aromatic carbocycles. The summed E-state index contributed by atoms with van der Waals surface area (Å²) in [6.07, 6.45) is 0.422. The molecule has 0 aliphatic carbocycles. The Morgan fingerprint density at radius 1 is 1.15 bits per heavy atom. The van der Waals surface area contributed by atoms with Gasteiger partial charge in [-0.1, -0.05) is 33.6 Å². The predicted molar refractivity (Wildman–Crippen MR) is 79.3 cm³/mol. The largest absolute Gasteiger partial charge is 0.271 e. The summed E-state index contributed by atoms with van der Waals surface area (Å²) in [5.41, 5.74) is 3.83. The summed E-state index contributed by atoms with van der Waals surface area (Å²) in [7, 11) is 0. The van der Waals surface area contributed by atoms with E-state index in [-0.39, 0.29) is 0 Å². The quantitative estimate of drug-likeness (QED) is 0.635. The lowest BCUT2D eigenvalue weighted by Crippen LogP contribution is -2.29. The van der Waals surface area contributed by atoms with Crippen molar-refractivity contribution in [3.63, 3.8) is 0 Å². The van der Waals surface area contributed by atoms with Gasteiger partial charge in [0.15, 0.2) is 0 Å². The Morgan fingerprint density at radius 3 is 2.35 bits per heavy atom. The van der Waals surface area contributed by atoms with Gasteiger partial charge in [-0.15, -0.1) is 0 Å². The first-order valence-electron chi connectivity index (χ1n) is 5.85. The van der Waals surface area contributed by atoms with Gasteiger partial charge in [-0.2, -0.15) is 0 Å². The number of rotatable bonds is 4. The molecule has 2 nitrogen and oxygen atoms in total. The van der Waals surface area contributed by atoms with E-state index in [0.29, 0.717) is 17.0 Å². The third-order valence-corrected chi connectivity index (χ3v) is 3.77. The van der Waals surface area contributed by atoms with Crippen LogP contribution in [0.4, 0.5) is 8.78 Å². The van der Waals surface area contributed by atoms with Crippen LogP contribution in [0, 0.1) is 11.6 Å². The van der Waals surface area contributed by atoms with Gasteiger partial charge in [0.25, 0.3) is 0 Å². The van der Waals surface area contributed by atoms with Crippen LogP contribution in [-0.4, -0.2) is 0 Å². The van der Waals surface area contributed by atoms with Gasteiger partial charge in [0.05, 0.1) is 6.04 Å². The number of nitrogens with one attached hydrogen (secondary N) is 1. The summed E-state index contributed by atoms with van der Waals surface area (Å²) in [5.74, 6) is 4.21. The molecule has 106 valence electrons. The van der Waals surface area contributed by atoms with Gasteiger partial charge in [-0.05, 0) is 41.8 Å². The molecule has 0 bridgehead atoms. The van der Waals surface area contributed by atoms with Gasteiger partial charge in [0.2, 0.25) is 0 Å². The molecular weight excluding hydrogens is 350 g/mol. The average Bonchev–Trinajstić information content (AvgIpc) is 2.36. The minimum absolute atomic E-state index is 0.422. The number of hydrogen-bond acceptors (Lipinski definition) is 2. The summed E-state index contributed by atoms with van der Waals surface area (Å²) in [6, 6.07) is 8.34. The summed E-state index contributed by atoms with van der Waals surface area (Å²) in [4.78, 5) is 0. The van der Waals surface area contributed by atoms with E-state index < -0.39 is 17.7 Å². The minimum Gasteiger partial charge on any atom is -0.271 e. The Morgan fingerprint density at radius 2 is 1.80 bits per heavy atom. The van der Waals surface area contributed by atoms with Gasteiger partial charge in [-0.25, -0.2) is 8.78 Å². The van der Waals surface area contributed by atoms with E-state index in [0.717, 1.165) is 16.1 Å². The van der Waals surface area contributed by atoms with E-state index >= 15 is 0 Å². The van der Waals surface area contributed by atoms with Crippen LogP contribution < -0.4 is 11.3 Å². The number of nitrogens with two attached hydrogens (primary N) is 1. The standard InChI is InChI=1S/C14H12BrClF2N2/c15-10-2-1-8(13(16)6-10)5-14(20-19)9-3-11(17)7-12(18)4-9/h1-4,6-7,14,20H,5,19H2. The van der Waals surface area contributed by atoms with Crippen molar-refractivity contribution < 1.29 is 8.78 Å². The van der Waals surface area contributed by atoms with Crippen molar-refractivity contribution >= 4 is 27.5 Å². The van der Waals surface area contributed by atoms with E-state index in [1.807, 2.05) is 12.1 Å². The molecule has 0 saturated carbocycles. The monoisotopic (exact) mass is 360 g/mol. The molecule has 0 heterocycles. The Balaban J connectivity index is 2.28. The normalized spacial score (nSPS) is 12.4. The molecule has 0 spiro atoms. The Bertz CT molecular complexity index is 602. The van der Waals surface area contributed by atoms with Crippen molar-refractivity contribution in [1.82, 2.24) is 5.43 Å². The predicted octanol–water partition coefficient (Wildman–Crippen LogP) is 4.13. The maximum atomic E-state index is 13.3. The second-order valence-electron chi connectivity index (χ2n) is 4.36. The zero-order chi connectivity index (χ0) is 14.7. The topological polar surface area (TPSA) is 38.0 Å². The summed E-state index contributed by atoms with van der Waals surface area (Å²) < 4.78 is 27.4. The van der Waals surface area contributed by atoms with Gasteiger partial charge in [0, 0.05) is 15.6 Å². The number of benzene rings is 2. The van der Waals surface area contributed by atoms with Crippen LogP contribution in [0.1, 0.15) is 17.2 Å². The fourth-order valence-electron chi connectivity index (χ4n) is 1.96. The van der Waals surface area contributed by atoms with E-state index in [4.69, 9.17) is 17.4 Å². The third-order valence-electron chi connectivity index (χ3n) is 2.93. The SMILES string of the molecule is NNC(Cc1ccc(Br)cc1Cl)c1cc(F)cc(F)c1. The van der Waals surface area contributed by atoms with Crippen molar-refractivity contribution in [2.24, 2.45) is 5.84 Å². The summed E-state index contributed by atoms with van der Waals surface area (Å²) in [6.45, 7) is 0. The molecule has 3 N–H and O–H groups in total. The number of halogens is 4. The van der Waals surface area contributed by atoms with Crippen LogP contribution >= 0.6 is 27.5 Å². The molecule has 1 unspecified atom stereocenters. The maximum Gasteiger partial charge on any atom is 0.126 e. The second kappa shape index (κ2) is 6.63. The van der Waals surface area contributed by atoms with Crippen LogP contribution in [0.25, 0.3) is 0 Å². The van der Waals surface area contributed by atoms with Crippen LogP contribution in [0.15, 0.2) is 40.9 Å². The van der Waals surface area contributed by atoms with Crippen molar-refractivity contribution in [2.45, 2.75) is 12.5 Å². The van der Waals surface area contributed by atoms with E-state index in [1.54, 1.807) is 6.07 Å². The Kier molecular flexibility index (Phi) is 5.10. The molecule has 2 rings (SSSR count). The first kappa shape index (κ1) is 15.4. The molecule has 0 aromatic heterocycles. The molecule has 6 heteroatoms. The first-order chi connectivity index (χ1) is 9.49. The first-order valence-corrected chi connectivity index (χ1v) is 7.02. The molecule has 0 saturated heterocycles. The molecule has 2 aromatic rings. The molecule has 20 heavy (non-hydrogen) atoms. The molecule has 0 aliphatic rings. The van der Waals surface area contributed by atoms with Crippen LogP contribution in [-0.2, 0) is 6.42 Å². The van der Waals surface area contributed by atoms with Crippen molar-refractivity contribution in [1.29, 1.82) is 0 Å². The van der Waals surface area contributed by atoms with Gasteiger partial charge < -0.3 is 0 Å². The van der Waals surface area contributed by atoms with E-state index in [9.17, 15) is 8.78 Å². The third kappa shape index (κ3) is 3.76. The molecular formula is C14H12BrClF2N2. The molecule has 0 fully saturated rings. The van der Waals surface area contributed by atoms with Crippen molar-refractivity contribution in [3.05, 3.63) is 68.7 Å². The highest BCUT2D eigenvalue weighted by molar-refractivity contribution is 9.10. The molecule has 1 atom stereocenters. The van der Waals surface area contributed by atoms with E-state index in [1.165, 1.54) is 12.1 Å². The highest BCUT2D eigenvalue weighted by Gasteiger charge is 2.14. The van der Waals surface area contributed by atoms with Crippen LogP contribution in [0.2, 0.25) is 5.02 Å². The average molecular weight is 362 g/mol. The summed E-state index contributed by atoms with van der Waals surface area (Å²) in [5, 5.41) is 0.566. The lowest BCUT2D eigenvalue weighted by atomic mass is 9.99. The van der Waals surface area contributed by atoms with Gasteiger partial charge in [-0.3, -0.25) is 11.3 Å². The number of hydrazine groups is 1. The lowest BCUT2D eigenvalue weighted by Gasteiger charge is -2.17. The highest BCUT2D eigenvalue weighted by atomic mass is 79.9.